The molecule has 50 valence electrons. The molecule has 0 unspecified atom stereocenters. The van der Waals surface area contributed by atoms with Crippen LogP contribution >= 0.6 is 0 Å². The molecule has 10 heavy (non-hydrogen) atoms. The van der Waals surface area contributed by atoms with Crippen LogP contribution in [0, 0.1) is 0 Å². The van der Waals surface area contributed by atoms with Crippen molar-refractivity contribution in [3.8, 4) is 0 Å². The summed E-state index contributed by atoms with van der Waals surface area (Å²) in [7, 11) is 0. The Hall–Kier alpha value is -1.45. The van der Waals surface area contributed by atoms with Crippen molar-refractivity contribution in [3.63, 3.8) is 0 Å². The lowest BCUT2D eigenvalue weighted by Crippen LogP contribution is -2.35. The molecule has 0 spiro atoms. The molecule has 0 radical (unpaired) electrons. The van der Waals surface area contributed by atoms with Gasteiger partial charge in [-0.2, -0.15) is 5.10 Å². The van der Waals surface area contributed by atoms with E-state index in [0.29, 0.717) is 0 Å². The summed E-state index contributed by atoms with van der Waals surface area (Å²) in [4.78, 5) is 2.17. The van der Waals surface area contributed by atoms with Gasteiger partial charge < -0.3 is 4.90 Å². The molecule has 0 atom stereocenters. The molecule has 0 aromatic rings. The highest BCUT2D eigenvalue weighted by molar-refractivity contribution is 5.80. The first-order valence-corrected chi connectivity index (χ1v) is 3.22. The maximum absolute atomic E-state index is 3.90. The van der Waals surface area contributed by atoms with Gasteiger partial charge in [0.2, 0.25) is 0 Å². The molecule has 4 heteroatoms. The molecule has 0 saturated carbocycles. The lowest BCUT2D eigenvalue weighted by Gasteiger charge is -2.28. The second kappa shape index (κ2) is 1.18. The van der Waals surface area contributed by atoms with Crippen molar-refractivity contribution >= 4 is 6.21 Å². The van der Waals surface area contributed by atoms with Crippen molar-refractivity contribution in [3.05, 3.63) is 23.8 Å². The third-order valence-corrected chi connectivity index (χ3v) is 1.89. The average molecular weight is 134 g/mol. The topological polar surface area (TPSA) is 30.9 Å². The highest BCUT2D eigenvalue weighted by Crippen LogP contribution is 2.30. The van der Waals surface area contributed by atoms with Gasteiger partial charge in [-0.3, -0.25) is 0 Å². The van der Waals surface area contributed by atoms with Gasteiger partial charge in [-0.1, -0.05) is 0 Å². The van der Waals surface area contributed by atoms with Crippen LogP contribution in [-0.4, -0.2) is 22.7 Å². The fourth-order valence-corrected chi connectivity index (χ4v) is 1.32. The van der Waals surface area contributed by atoms with E-state index in [1.54, 1.807) is 0 Å². The van der Waals surface area contributed by atoms with Gasteiger partial charge in [-0.25, -0.2) is 10.5 Å². The molecular formula is C6H6N4. The summed E-state index contributed by atoms with van der Waals surface area (Å²) in [6.45, 7) is 1.03. The molecule has 3 aliphatic heterocycles. The number of hydrogen-bond acceptors (Lipinski definition) is 4. The second-order valence-corrected chi connectivity index (χ2v) is 2.46. The van der Waals surface area contributed by atoms with Gasteiger partial charge in [0.15, 0.2) is 0 Å². The molecule has 0 aromatic carbocycles. The van der Waals surface area contributed by atoms with Crippen molar-refractivity contribution in [2.75, 3.05) is 6.54 Å². The van der Waals surface area contributed by atoms with Crippen LogP contribution in [0.25, 0.3) is 0 Å². The van der Waals surface area contributed by atoms with Crippen LogP contribution < -0.4 is 5.53 Å². The van der Waals surface area contributed by atoms with E-state index in [9.17, 15) is 0 Å². The largest absolute Gasteiger partial charge is 0.327 e. The summed E-state index contributed by atoms with van der Waals surface area (Å²) in [6, 6.07) is 0. The maximum Gasteiger partial charge on any atom is 0.132 e. The summed E-state index contributed by atoms with van der Waals surface area (Å²) in [5.41, 5.74) is 4.00. The van der Waals surface area contributed by atoms with E-state index < -0.39 is 0 Å². The predicted molar refractivity (Wildman–Crippen MR) is 36.3 cm³/mol. The molecule has 1 N–H and O–H groups in total. The van der Waals surface area contributed by atoms with E-state index >= 15 is 0 Å². The van der Waals surface area contributed by atoms with Crippen LogP contribution in [0.2, 0.25) is 0 Å². The molecule has 3 rings (SSSR count). The molecule has 3 aliphatic rings. The number of rotatable bonds is 0. The lowest BCUT2D eigenvalue weighted by atomic mass is 10.3. The Morgan fingerprint density at radius 2 is 2.60 bits per heavy atom. The van der Waals surface area contributed by atoms with Crippen LogP contribution in [0.15, 0.2) is 28.9 Å². The van der Waals surface area contributed by atoms with Crippen LogP contribution in [-0.2, 0) is 0 Å². The summed E-state index contributed by atoms with van der Waals surface area (Å²) in [5.74, 6) is 1.20. The Morgan fingerprint density at radius 3 is 3.40 bits per heavy atom. The van der Waals surface area contributed by atoms with Crippen molar-refractivity contribution in [1.82, 2.24) is 15.4 Å². The minimum absolute atomic E-state index is 1.03. The number of hydrogen-bond donors (Lipinski definition) is 1. The van der Waals surface area contributed by atoms with Crippen molar-refractivity contribution in [2.45, 2.75) is 0 Å². The molecule has 4 nitrogen and oxygen atoms in total. The van der Waals surface area contributed by atoms with E-state index in [-0.39, 0.29) is 0 Å². The number of allylic oxidation sites excluding steroid dienone is 1. The van der Waals surface area contributed by atoms with E-state index in [0.717, 1.165) is 12.2 Å². The second-order valence-electron chi connectivity index (χ2n) is 2.46. The Balaban J connectivity index is 2.12. The molecule has 0 amide bonds. The highest BCUT2D eigenvalue weighted by Gasteiger charge is 2.32. The molecule has 0 aliphatic carbocycles. The van der Waals surface area contributed by atoms with Crippen molar-refractivity contribution in [2.24, 2.45) is 5.10 Å². The van der Waals surface area contributed by atoms with Gasteiger partial charge in [-0.15, -0.1) is 0 Å². The van der Waals surface area contributed by atoms with Crippen molar-refractivity contribution in [1.29, 1.82) is 0 Å². The standard InChI is InChI=1S/C6H6N4/c1-2-9-4-5-3-7-8-10(5)6(1)9/h1,3-4,8H,2H2. The van der Waals surface area contributed by atoms with Gasteiger partial charge >= 0.3 is 0 Å². The Kier molecular flexibility index (Phi) is 0.518. The van der Waals surface area contributed by atoms with Gasteiger partial charge in [0.25, 0.3) is 0 Å². The molecule has 0 fully saturated rings. The van der Waals surface area contributed by atoms with E-state index in [1.807, 2.05) is 11.2 Å². The minimum Gasteiger partial charge on any atom is -0.327 e. The molecule has 3 heterocycles. The lowest BCUT2D eigenvalue weighted by molar-refractivity contribution is 0.275. The van der Waals surface area contributed by atoms with Gasteiger partial charge in [-0.05, 0) is 6.08 Å². The third-order valence-electron chi connectivity index (χ3n) is 1.89. The first kappa shape index (κ1) is 4.38. The zero-order chi connectivity index (χ0) is 6.55. The quantitative estimate of drug-likeness (QED) is 0.498. The predicted octanol–water partition coefficient (Wildman–Crippen LogP) is -0.196. The first-order valence-electron chi connectivity index (χ1n) is 3.22. The highest BCUT2D eigenvalue weighted by atomic mass is 15.7. The van der Waals surface area contributed by atoms with E-state index in [4.69, 9.17) is 0 Å². The van der Waals surface area contributed by atoms with Crippen molar-refractivity contribution < 1.29 is 0 Å². The van der Waals surface area contributed by atoms with Gasteiger partial charge in [0.1, 0.15) is 11.5 Å². The Bertz CT molecular complexity index is 275. The number of hydrazine groups is 1. The fraction of sp³-hybridized carbons (Fsp3) is 0.167. The zero-order valence-corrected chi connectivity index (χ0v) is 5.28. The summed E-state index contributed by atoms with van der Waals surface area (Å²) >= 11 is 0. The average Bonchev–Trinajstić information content (AvgIpc) is 2.35. The molecule has 0 saturated heterocycles. The fourth-order valence-electron chi connectivity index (χ4n) is 1.32. The molecule has 0 bridgehead atoms. The monoisotopic (exact) mass is 134 g/mol. The van der Waals surface area contributed by atoms with Crippen LogP contribution in [0.5, 0.6) is 0 Å². The number of hydrazone groups is 1. The zero-order valence-electron chi connectivity index (χ0n) is 5.28. The summed E-state index contributed by atoms with van der Waals surface area (Å²) < 4.78 is 0. The third kappa shape index (κ3) is 0.309. The number of nitrogens with one attached hydrogen (secondary N) is 1. The molecular weight excluding hydrogens is 128 g/mol. The SMILES string of the molecule is C1=NNN2C1=CN1CC=C12. The minimum atomic E-state index is 1.03. The maximum atomic E-state index is 3.90. The van der Waals surface area contributed by atoms with E-state index in [1.165, 1.54) is 5.82 Å². The van der Waals surface area contributed by atoms with E-state index in [2.05, 4.69) is 27.8 Å². The summed E-state index contributed by atoms with van der Waals surface area (Å²) in [5, 5.41) is 5.86. The molecule has 0 aromatic heterocycles. The smallest absolute Gasteiger partial charge is 0.132 e. The van der Waals surface area contributed by atoms with Crippen LogP contribution in [0.3, 0.4) is 0 Å². The number of nitrogens with zero attached hydrogens (tertiary/aromatic N) is 3. The van der Waals surface area contributed by atoms with Gasteiger partial charge in [0.05, 0.1) is 6.21 Å². The van der Waals surface area contributed by atoms with Crippen LogP contribution in [0.1, 0.15) is 0 Å². The number of fused-ring (bicyclic) bond motifs is 3. The summed E-state index contributed by atoms with van der Waals surface area (Å²) in [6.07, 6.45) is 6.06. The van der Waals surface area contributed by atoms with Crippen LogP contribution in [0.4, 0.5) is 0 Å². The Morgan fingerprint density at radius 1 is 1.60 bits per heavy atom. The van der Waals surface area contributed by atoms with Gasteiger partial charge in [0, 0.05) is 12.7 Å². The first-order chi connectivity index (χ1) is 4.95. The normalized spacial score (nSPS) is 24.8. The Labute approximate surface area is 58.1 Å².